The van der Waals surface area contributed by atoms with E-state index in [1.54, 1.807) is 24.3 Å². The fourth-order valence-corrected chi connectivity index (χ4v) is 6.69. The second kappa shape index (κ2) is 9.71. The predicted octanol–water partition coefficient (Wildman–Crippen LogP) is 4.09. The Bertz CT molecular complexity index is 1020. The first-order valence-electron chi connectivity index (χ1n) is 10.4. The van der Waals surface area contributed by atoms with E-state index in [0.717, 1.165) is 5.75 Å². The molecular formula is C22H25ClN2O4S2. The van der Waals surface area contributed by atoms with Crippen LogP contribution in [-0.2, 0) is 14.8 Å². The molecule has 1 atom stereocenters. The summed E-state index contributed by atoms with van der Waals surface area (Å²) in [4.78, 5) is 12.9. The maximum absolute atomic E-state index is 13.3. The van der Waals surface area contributed by atoms with Gasteiger partial charge in [0, 0.05) is 22.6 Å². The Hall–Kier alpha value is -1.90. The van der Waals surface area contributed by atoms with Crippen LogP contribution in [0.15, 0.2) is 53.4 Å². The van der Waals surface area contributed by atoms with E-state index in [1.165, 1.54) is 54.3 Å². The van der Waals surface area contributed by atoms with E-state index in [1.807, 2.05) is 11.8 Å². The third-order valence-electron chi connectivity index (χ3n) is 5.49. The van der Waals surface area contributed by atoms with Crippen molar-refractivity contribution < 1.29 is 17.9 Å². The Morgan fingerprint density at radius 1 is 1.13 bits per heavy atom. The summed E-state index contributed by atoms with van der Waals surface area (Å²) in [5, 5.41) is 4.05. The van der Waals surface area contributed by atoms with Crippen LogP contribution in [0, 0.1) is 0 Å². The molecule has 31 heavy (non-hydrogen) atoms. The standard InChI is InChI=1S/C22H25ClN2O4S2/c23-16-9-11-18(12-10-16)31(27,28)25-15-21(29-20-8-4-3-7-19(20)25)22(26)24-13-14-30-17-5-1-2-6-17/h3-4,7-12,17,21H,1-2,5-6,13-15H2,(H,24,26)/t21-/m1/s1. The van der Waals surface area contributed by atoms with Crippen molar-refractivity contribution in [2.45, 2.75) is 41.9 Å². The third kappa shape index (κ3) is 5.13. The van der Waals surface area contributed by atoms with Crippen molar-refractivity contribution >= 4 is 45.0 Å². The van der Waals surface area contributed by atoms with Gasteiger partial charge in [-0.25, -0.2) is 8.42 Å². The number of fused-ring (bicyclic) bond motifs is 1. The number of benzene rings is 2. The van der Waals surface area contributed by atoms with Gasteiger partial charge >= 0.3 is 0 Å². The molecule has 0 radical (unpaired) electrons. The van der Waals surface area contributed by atoms with Crippen LogP contribution in [-0.4, -0.2) is 44.5 Å². The van der Waals surface area contributed by atoms with E-state index in [0.29, 0.717) is 28.3 Å². The van der Waals surface area contributed by atoms with Crippen molar-refractivity contribution in [1.29, 1.82) is 0 Å². The molecule has 2 aliphatic rings. The molecule has 0 saturated heterocycles. The number of amides is 1. The monoisotopic (exact) mass is 480 g/mol. The summed E-state index contributed by atoms with van der Waals surface area (Å²) in [6, 6.07) is 12.8. The molecule has 6 nitrogen and oxygen atoms in total. The third-order valence-corrected chi connectivity index (χ3v) is 8.91. The van der Waals surface area contributed by atoms with Crippen LogP contribution in [0.5, 0.6) is 5.75 Å². The summed E-state index contributed by atoms with van der Waals surface area (Å²) in [7, 11) is -3.88. The molecule has 0 spiro atoms. The molecule has 9 heteroatoms. The summed E-state index contributed by atoms with van der Waals surface area (Å²) < 4.78 is 33.8. The zero-order valence-electron chi connectivity index (χ0n) is 17.0. The summed E-state index contributed by atoms with van der Waals surface area (Å²) in [5.74, 6) is 0.900. The van der Waals surface area contributed by atoms with Gasteiger partial charge in [0.05, 0.1) is 17.1 Å². The van der Waals surface area contributed by atoms with Crippen molar-refractivity contribution in [3.63, 3.8) is 0 Å². The number of anilines is 1. The largest absolute Gasteiger partial charge is 0.476 e. The number of halogens is 1. The normalized spacial score (nSPS) is 19.0. The van der Waals surface area contributed by atoms with Crippen LogP contribution in [0.3, 0.4) is 0 Å². The molecule has 1 saturated carbocycles. The number of carbonyl (C=O) groups is 1. The molecule has 1 aliphatic heterocycles. The second-order valence-electron chi connectivity index (χ2n) is 7.63. The van der Waals surface area contributed by atoms with Crippen LogP contribution >= 0.6 is 23.4 Å². The lowest BCUT2D eigenvalue weighted by Gasteiger charge is -2.34. The molecular weight excluding hydrogens is 456 g/mol. The molecule has 0 aromatic heterocycles. The van der Waals surface area contributed by atoms with Gasteiger partial charge in [-0.1, -0.05) is 36.6 Å². The summed E-state index contributed by atoms with van der Waals surface area (Å²) in [5.41, 5.74) is 0.415. The SMILES string of the molecule is O=C(NCCSC1CCCC1)[C@H]1CN(S(=O)(=O)c2ccc(Cl)cc2)c2ccccc2O1. The van der Waals surface area contributed by atoms with Gasteiger partial charge in [0.15, 0.2) is 6.10 Å². The zero-order chi connectivity index (χ0) is 21.8. The molecule has 1 N–H and O–H groups in total. The summed E-state index contributed by atoms with van der Waals surface area (Å²) in [6.45, 7) is 0.439. The smallest absolute Gasteiger partial charge is 0.264 e. The first kappa shape index (κ1) is 22.3. The van der Waals surface area contributed by atoms with E-state index in [-0.39, 0.29) is 17.3 Å². The van der Waals surface area contributed by atoms with E-state index >= 15 is 0 Å². The molecule has 1 amide bonds. The van der Waals surface area contributed by atoms with E-state index < -0.39 is 16.1 Å². The van der Waals surface area contributed by atoms with Gasteiger partial charge in [-0.2, -0.15) is 11.8 Å². The van der Waals surface area contributed by atoms with Crippen LogP contribution in [0.25, 0.3) is 0 Å². The highest BCUT2D eigenvalue weighted by atomic mass is 35.5. The maximum atomic E-state index is 13.3. The fraction of sp³-hybridized carbons (Fsp3) is 0.409. The number of hydrogen-bond acceptors (Lipinski definition) is 5. The fourth-order valence-electron chi connectivity index (χ4n) is 3.87. The number of thioether (sulfide) groups is 1. The molecule has 2 aromatic rings. The van der Waals surface area contributed by atoms with Crippen LogP contribution in [0.2, 0.25) is 5.02 Å². The van der Waals surface area contributed by atoms with Gasteiger partial charge in [0.25, 0.3) is 15.9 Å². The van der Waals surface area contributed by atoms with Crippen molar-refractivity contribution in [1.82, 2.24) is 5.32 Å². The number of hydrogen-bond donors (Lipinski definition) is 1. The lowest BCUT2D eigenvalue weighted by Crippen LogP contribution is -2.51. The van der Waals surface area contributed by atoms with Crippen molar-refractivity contribution in [3.05, 3.63) is 53.6 Å². The molecule has 1 heterocycles. The first-order chi connectivity index (χ1) is 14.9. The van der Waals surface area contributed by atoms with Crippen molar-refractivity contribution in [2.24, 2.45) is 0 Å². The number of nitrogens with one attached hydrogen (secondary N) is 1. The lowest BCUT2D eigenvalue weighted by molar-refractivity contribution is -0.127. The van der Waals surface area contributed by atoms with E-state index in [4.69, 9.17) is 16.3 Å². The van der Waals surface area contributed by atoms with Gasteiger partial charge in [0.2, 0.25) is 0 Å². The van der Waals surface area contributed by atoms with Gasteiger partial charge in [-0.05, 0) is 49.2 Å². The van der Waals surface area contributed by atoms with Gasteiger partial charge in [-0.15, -0.1) is 0 Å². The Balaban J connectivity index is 1.47. The van der Waals surface area contributed by atoms with Crippen molar-refractivity contribution in [2.75, 3.05) is 23.1 Å². The number of sulfonamides is 1. The quantitative estimate of drug-likeness (QED) is 0.604. The molecule has 0 bridgehead atoms. The van der Waals surface area contributed by atoms with Gasteiger partial charge in [0.1, 0.15) is 5.75 Å². The topological polar surface area (TPSA) is 75.7 Å². The highest BCUT2D eigenvalue weighted by molar-refractivity contribution is 7.99. The van der Waals surface area contributed by atoms with Gasteiger partial charge < -0.3 is 10.1 Å². The minimum atomic E-state index is -3.88. The Morgan fingerprint density at radius 3 is 2.58 bits per heavy atom. The van der Waals surface area contributed by atoms with E-state index in [2.05, 4.69) is 5.32 Å². The lowest BCUT2D eigenvalue weighted by atomic mass is 10.2. The number of rotatable bonds is 7. The molecule has 1 fully saturated rings. The molecule has 4 rings (SSSR count). The van der Waals surface area contributed by atoms with Gasteiger partial charge in [-0.3, -0.25) is 9.10 Å². The average Bonchev–Trinajstić information content (AvgIpc) is 3.29. The Morgan fingerprint density at radius 2 is 1.84 bits per heavy atom. The summed E-state index contributed by atoms with van der Waals surface area (Å²) in [6.07, 6.45) is 4.15. The average molecular weight is 481 g/mol. The number of para-hydroxylation sites is 2. The van der Waals surface area contributed by atoms with Crippen molar-refractivity contribution in [3.8, 4) is 5.75 Å². The zero-order valence-corrected chi connectivity index (χ0v) is 19.4. The van der Waals surface area contributed by atoms with E-state index in [9.17, 15) is 13.2 Å². The van der Waals surface area contributed by atoms with Crippen LogP contribution in [0.1, 0.15) is 25.7 Å². The molecule has 1 aliphatic carbocycles. The summed E-state index contributed by atoms with van der Waals surface area (Å²) >= 11 is 7.80. The molecule has 166 valence electrons. The Labute approximate surface area is 192 Å². The first-order valence-corrected chi connectivity index (χ1v) is 13.2. The Kier molecular flexibility index (Phi) is 6.99. The van der Waals surface area contributed by atoms with Crippen LogP contribution in [0.4, 0.5) is 5.69 Å². The number of carbonyl (C=O) groups excluding carboxylic acids is 1. The van der Waals surface area contributed by atoms with Crippen LogP contribution < -0.4 is 14.4 Å². The minimum absolute atomic E-state index is 0.0937. The minimum Gasteiger partial charge on any atom is -0.476 e. The predicted molar refractivity (Wildman–Crippen MR) is 125 cm³/mol. The second-order valence-corrected chi connectivity index (χ2v) is 11.3. The maximum Gasteiger partial charge on any atom is 0.264 e. The highest BCUT2D eigenvalue weighted by Gasteiger charge is 2.37. The highest BCUT2D eigenvalue weighted by Crippen LogP contribution is 2.37. The molecule has 2 aromatic carbocycles. The molecule has 0 unspecified atom stereocenters. The number of ether oxygens (including phenoxy) is 1. The number of nitrogens with zero attached hydrogens (tertiary/aromatic N) is 1.